The Morgan fingerprint density at radius 3 is 2.35 bits per heavy atom. The summed E-state index contributed by atoms with van der Waals surface area (Å²) < 4.78 is 36.7. The molecule has 0 radical (unpaired) electrons. The fraction of sp³-hybridized carbons (Fsp3) is 0.417. The molecule has 2 aromatic carbocycles. The highest BCUT2D eigenvalue weighted by molar-refractivity contribution is 6.32. The van der Waals surface area contributed by atoms with Crippen molar-refractivity contribution >= 4 is 40.0 Å². The highest BCUT2D eigenvalue weighted by Crippen LogP contribution is 2.30. The Labute approximate surface area is 284 Å². The van der Waals surface area contributed by atoms with Gasteiger partial charge in [0, 0.05) is 57.7 Å². The van der Waals surface area contributed by atoms with E-state index < -0.39 is 23.0 Å². The van der Waals surface area contributed by atoms with Gasteiger partial charge in [-0.1, -0.05) is 24.4 Å². The van der Waals surface area contributed by atoms with E-state index >= 15 is 0 Å². The first-order valence-electron chi connectivity index (χ1n) is 16.6. The second-order valence-corrected chi connectivity index (χ2v) is 13.5. The zero-order valence-electron chi connectivity index (χ0n) is 27.5. The zero-order chi connectivity index (χ0) is 33.8. The predicted molar refractivity (Wildman–Crippen MR) is 186 cm³/mol. The van der Waals surface area contributed by atoms with Crippen LogP contribution in [0.15, 0.2) is 59.5 Å². The van der Waals surface area contributed by atoms with Gasteiger partial charge in [0.2, 0.25) is 5.43 Å². The van der Waals surface area contributed by atoms with Gasteiger partial charge in [-0.25, -0.2) is 13.8 Å². The molecular weight excluding hydrogens is 638 g/mol. The predicted octanol–water partition coefficient (Wildman–Crippen LogP) is 6.11. The average molecular weight is 680 g/mol. The van der Waals surface area contributed by atoms with Crippen molar-refractivity contribution in [2.45, 2.75) is 32.1 Å². The van der Waals surface area contributed by atoms with E-state index in [2.05, 4.69) is 10.2 Å². The van der Waals surface area contributed by atoms with E-state index in [9.17, 15) is 18.4 Å². The maximum Gasteiger partial charge on any atom is 0.261 e. The van der Waals surface area contributed by atoms with Gasteiger partial charge in [0.15, 0.2) is 5.65 Å². The SMILES string of the molecule is CN(C)c1ccc2c(=O)c(C(=O)Nc3cc(F)cc(F)c3)cn(-c3ccc(Cl)c(OCCCCCCC[N+]45CCN(CC4)CC5)c3)c2n1. The topological polar surface area (TPSA) is 79.7 Å². The number of carbonyl (C=O) groups is 1. The van der Waals surface area contributed by atoms with E-state index in [1.165, 1.54) is 75.8 Å². The minimum Gasteiger partial charge on any atom is -0.492 e. The standard InChI is InChI=1S/C36H41ClF2N6O3/c1-42(2)33-11-9-29-34(46)30(36(47)40-27-21-25(38)20-26(39)22-27)24-44(35(29)41-33)28-8-10-31(37)32(23-28)48-19-7-5-3-4-6-15-45-16-12-43(13-17-45)14-18-45/h8-11,20-24H,3-7,12-19H2,1-2H3/p+1. The third kappa shape index (κ3) is 7.64. The number of benzene rings is 2. The van der Waals surface area contributed by atoms with Gasteiger partial charge in [0.05, 0.1) is 48.9 Å². The van der Waals surface area contributed by atoms with E-state index in [1.807, 2.05) is 14.1 Å². The number of piperazine rings is 3. The quantitative estimate of drug-likeness (QED) is 0.136. The Bertz CT molecular complexity index is 1820. The lowest BCUT2D eigenvalue weighted by Crippen LogP contribution is -2.67. The number of nitrogens with one attached hydrogen (secondary N) is 1. The molecular formula is C36H42ClF2N6O3+. The van der Waals surface area contributed by atoms with Crippen LogP contribution in [-0.2, 0) is 0 Å². The number of quaternary nitrogens is 1. The van der Waals surface area contributed by atoms with Gasteiger partial charge in [-0.3, -0.25) is 14.5 Å². The molecule has 9 nitrogen and oxygen atoms in total. The molecule has 1 amide bonds. The number of halogens is 3. The molecule has 1 N–H and O–H groups in total. The van der Waals surface area contributed by atoms with Crippen molar-refractivity contribution in [1.82, 2.24) is 14.5 Å². The monoisotopic (exact) mass is 679 g/mol. The second kappa shape index (κ2) is 14.6. The molecule has 254 valence electrons. The van der Waals surface area contributed by atoms with Crippen LogP contribution < -0.4 is 20.4 Å². The first kappa shape index (κ1) is 33.8. The van der Waals surface area contributed by atoms with Crippen LogP contribution in [0.3, 0.4) is 0 Å². The summed E-state index contributed by atoms with van der Waals surface area (Å²) in [4.78, 5) is 35.9. The fourth-order valence-electron chi connectivity index (χ4n) is 6.71. The molecule has 0 saturated carbocycles. The molecule has 0 spiro atoms. The Kier molecular flexibility index (Phi) is 10.3. The van der Waals surface area contributed by atoms with Crippen LogP contribution in [0.25, 0.3) is 16.7 Å². The van der Waals surface area contributed by atoms with Crippen LogP contribution in [0.5, 0.6) is 5.75 Å². The zero-order valence-corrected chi connectivity index (χ0v) is 28.2. The lowest BCUT2D eigenvalue weighted by Gasteiger charge is -2.50. The largest absolute Gasteiger partial charge is 0.492 e. The lowest BCUT2D eigenvalue weighted by molar-refractivity contribution is -0.941. The first-order valence-corrected chi connectivity index (χ1v) is 17.0. The summed E-state index contributed by atoms with van der Waals surface area (Å²) in [5, 5.41) is 3.08. The molecule has 4 aromatic rings. The summed E-state index contributed by atoms with van der Waals surface area (Å²) >= 11 is 6.54. The summed E-state index contributed by atoms with van der Waals surface area (Å²) in [6.45, 7) is 9.48. The van der Waals surface area contributed by atoms with E-state index in [0.717, 1.165) is 25.0 Å². The Balaban J connectivity index is 1.16. The second-order valence-electron chi connectivity index (χ2n) is 13.1. The number of anilines is 2. The number of unbranched alkanes of at least 4 members (excludes halogenated alkanes) is 4. The smallest absolute Gasteiger partial charge is 0.261 e. The molecule has 48 heavy (non-hydrogen) atoms. The molecule has 5 heterocycles. The maximum atomic E-state index is 13.8. The third-order valence-electron chi connectivity index (χ3n) is 9.56. The number of pyridine rings is 2. The molecule has 3 aliphatic heterocycles. The van der Waals surface area contributed by atoms with Crippen LogP contribution in [0.4, 0.5) is 20.3 Å². The summed E-state index contributed by atoms with van der Waals surface area (Å²) in [6, 6.07) is 11.2. The van der Waals surface area contributed by atoms with Crippen molar-refractivity contribution in [3.63, 3.8) is 0 Å². The van der Waals surface area contributed by atoms with Crippen molar-refractivity contribution in [2.75, 3.05) is 76.7 Å². The molecule has 3 fully saturated rings. The van der Waals surface area contributed by atoms with E-state index in [1.54, 1.807) is 39.8 Å². The van der Waals surface area contributed by atoms with Crippen molar-refractivity contribution < 1.29 is 22.8 Å². The molecule has 0 unspecified atom stereocenters. The van der Waals surface area contributed by atoms with Crippen molar-refractivity contribution in [3.8, 4) is 11.4 Å². The Morgan fingerprint density at radius 1 is 0.958 bits per heavy atom. The van der Waals surface area contributed by atoms with Gasteiger partial charge in [0.1, 0.15) is 28.8 Å². The first-order chi connectivity index (χ1) is 23.1. The van der Waals surface area contributed by atoms with Crippen LogP contribution in [0.2, 0.25) is 5.02 Å². The summed E-state index contributed by atoms with van der Waals surface area (Å²) in [6.07, 6.45) is 7.01. The van der Waals surface area contributed by atoms with Crippen molar-refractivity contribution in [1.29, 1.82) is 0 Å². The molecule has 3 aliphatic rings. The fourth-order valence-corrected chi connectivity index (χ4v) is 6.88. The minimum absolute atomic E-state index is 0.111. The number of ether oxygens (including phenoxy) is 1. The van der Waals surface area contributed by atoms with Gasteiger partial charge < -0.3 is 24.0 Å². The Morgan fingerprint density at radius 2 is 1.65 bits per heavy atom. The Hall–Kier alpha value is -4.06. The number of rotatable bonds is 13. The molecule has 2 bridgehead atoms. The van der Waals surface area contributed by atoms with Gasteiger partial charge in [0.25, 0.3) is 5.91 Å². The third-order valence-corrected chi connectivity index (χ3v) is 9.87. The molecule has 0 aliphatic carbocycles. The molecule has 2 aromatic heterocycles. The van der Waals surface area contributed by atoms with E-state index in [-0.39, 0.29) is 16.6 Å². The number of amides is 1. The molecule has 3 saturated heterocycles. The van der Waals surface area contributed by atoms with Crippen LogP contribution in [-0.4, -0.2) is 91.4 Å². The number of fused-ring (bicyclic) bond motifs is 4. The highest BCUT2D eigenvalue weighted by Gasteiger charge is 2.37. The van der Waals surface area contributed by atoms with E-state index in [0.29, 0.717) is 40.6 Å². The van der Waals surface area contributed by atoms with Crippen LogP contribution in [0.1, 0.15) is 42.5 Å². The maximum absolute atomic E-state index is 13.8. The highest BCUT2D eigenvalue weighted by atomic mass is 35.5. The summed E-state index contributed by atoms with van der Waals surface area (Å²) in [5.41, 5.74) is -0.0115. The number of aromatic nitrogens is 2. The molecule has 7 rings (SSSR count). The molecule has 0 atom stereocenters. The number of nitrogens with zero attached hydrogens (tertiary/aromatic N) is 5. The van der Waals surface area contributed by atoms with Crippen LogP contribution in [0, 0.1) is 11.6 Å². The summed E-state index contributed by atoms with van der Waals surface area (Å²) in [5.74, 6) is -1.43. The van der Waals surface area contributed by atoms with Gasteiger partial charge >= 0.3 is 0 Å². The average Bonchev–Trinajstić information content (AvgIpc) is 3.07. The minimum atomic E-state index is -0.852. The van der Waals surface area contributed by atoms with E-state index in [4.69, 9.17) is 21.3 Å². The number of hydrogen-bond acceptors (Lipinski definition) is 6. The van der Waals surface area contributed by atoms with Crippen molar-refractivity contribution in [2.24, 2.45) is 0 Å². The lowest BCUT2D eigenvalue weighted by atomic mass is 10.1. The molecule has 12 heteroatoms. The normalized spacial score (nSPS) is 18.6. The number of carbonyl (C=O) groups excluding carboxylic acids is 1. The summed E-state index contributed by atoms with van der Waals surface area (Å²) in [7, 11) is 3.67. The van der Waals surface area contributed by atoms with Gasteiger partial charge in [-0.2, -0.15) is 0 Å². The van der Waals surface area contributed by atoms with Crippen molar-refractivity contribution in [3.05, 3.63) is 87.2 Å². The van der Waals surface area contributed by atoms with Gasteiger partial charge in [-0.05, 0) is 55.7 Å². The number of hydrogen-bond donors (Lipinski definition) is 1. The van der Waals surface area contributed by atoms with Crippen LogP contribution >= 0.6 is 11.6 Å². The van der Waals surface area contributed by atoms with Gasteiger partial charge in [-0.15, -0.1) is 0 Å².